The number of benzene rings is 1. The molecule has 0 aliphatic carbocycles. The molecule has 0 fully saturated rings. The summed E-state index contributed by atoms with van der Waals surface area (Å²) >= 11 is 6.20. The number of aryl methyl sites for hydroxylation is 1. The highest BCUT2D eigenvalue weighted by Crippen LogP contribution is 2.28. The highest BCUT2D eigenvalue weighted by atomic mass is 35.5. The molecule has 0 radical (unpaired) electrons. The summed E-state index contributed by atoms with van der Waals surface area (Å²) in [6.45, 7) is 1.49. The van der Waals surface area contributed by atoms with Gasteiger partial charge in [-0.1, -0.05) is 29.8 Å². The van der Waals surface area contributed by atoms with Crippen LogP contribution in [0.4, 0.5) is 0 Å². The van der Waals surface area contributed by atoms with Gasteiger partial charge in [0, 0.05) is 25.4 Å². The van der Waals surface area contributed by atoms with Crippen molar-refractivity contribution in [3.05, 3.63) is 41.0 Å². The van der Waals surface area contributed by atoms with Crippen LogP contribution in [0.5, 0.6) is 0 Å². The highest BCUT2D eigenvalue weighted by Gasteiger charge is 2.18. The summed E-state index contributed by atoms with van der Waals surface area (Å²) in [6, 6.07) is 7.39. The fourth-order valence-electron chi connectivity index (χ4n) is 2.07. The third kappa shape index (κ3) is 3.83. The summed E-state index contributed by atoms with van der Waals surface area (Å²) in [5.41, 5.74) is 1.91. The second kappa shape index (κ2) is 7.24. The predicted octanol–water partition coefficient (Wildman–Crippen LogP) is 2.08. The van der Waals surface area contributed by atoms with E-state index in [-0.39, 0.29) is 5.91 Å². The van der Waals surface area contributed by atoms with Gasteiger partial charge in [-0.05, 0) is 26.1 Å². The summed E-state index contributed by atoms with van der Waals surface area (Å²) in [7, 11) is 3.68. The predicted molar refractivity (Wildman–Crippen MR) is 84.5 cm³/mol. The summed E-state index contributed by atoms with van der Waals surface area (Å²) in [6.07, 6.45) is 2.59. The molecule has 2 rings (SSSR count). The number of nitrogens with one attached hydrogen (secondary N) is 2. The molecule has 1 aromatic heterocycles. The maximum absolute atomic E-state index is 12.3. The molecule has 0 unspecified atom stereocenters. The van der Waals surface area contributed by atoms with E-state index in [0.29, 0.717) is 22.8 Å². The Morgan fingerprint density at radius 2 is 2.10 bits per heavy atom. The van der Waals surface area contributed by atoms with Crippen molar-refractivity contribution < 1.29 is 4.79 Å². The third-order valence-corrected chi connectivity index (χ3v) is 3.42. The Morgan fingerprint density at radius 1 is 1.33 bits per heavy atom. The van der Waals surface area contributed by atoms with Crippen molar-refractivity contribution in [3.63, 3.8) is 0 Å². The molecular weight excluding hydrogens is 288 g/mol. The number of hydrogen-bond acceptors (Lipinski definition) is 3. The van der Waals surface area contributed by atoms with E-state index in [1.807, 2.05) is 25.2 Å². The van der Waals surface area contributed by atoms with Crippen molar-refractivity contribution in [2.75, 3.05) is 20.1 Å². The van der Waals surface area contributed by atoms with Crippen LogP contribution in [-0.2, 0) is 7.05 Å². The topological polar surface area (TPSA) is 58.9 Å². The zero-order chi connectivity index (χ0) is 15.2. The number of rotatable bonds is 6. The molecular formula is C15H19ClN4O. The number of carbonyl (C=O) groups excluding carboxylic acids is 1. The number of halogens is 1. The molecule has 0 aliphatic heterocycles. The van der Waals surface area contributed by atoms with E-state index in [0.717, 1.165) is 18.5 Å². The average molecular weight is 307 g/mol. The second-order valence-electron chi connectivity index (χ2n) is 4.76. The Kier molecular flexibility index (Phi) is 5.36. The molecule has 5 nitrogen and oxygen atoms in total. The maximum Gasteiger partial charge on any atom is 0.255 e. The van der Waals surface area contributed by atoms with Crippen molar-refractivity contribution in [3.8, 4) is 11.3 Å². The highest BCUT2D eigenvalue weighted by molar-refractivity contribution is 6.33. The molecule has 1 amide bonds. The molecule has 0 bridgehead atoms. The SMILES string of the molecule is CNCCCNC(=O)c1cn(C)nc1-c1ccccc1Cl. The second-order valence-corrected chi connectivity index (χ2v) is 5.17. The molecule has 21 heavy (non-hydrogen) atoms. The number of aromatic nitrogens is 2. The average Bonchev–Trinajstić information content (AvgIpc) is 2.86. The number of hydrogen-bond donors (Lipinski definition) is 2. The van der Waals surface area contributed by atoms with Gasteiger partial charge in [0.25, 0.3) is 5.91 Å². The van der Waals surface area contributed by atoms with Crippen molar-refractivity contribution in [1.82, 2.24) is 20.4 Å². The van der Waals surface area contributed by atoms with Crippen molar-refractivity contribution >= 4 is 17.5 Å². The van der Waals surface area contributed by atoms with Crippen LogP contribution in [0.2, 0.25) is 5.02 Å². The summed E-state index contributed by atoms with van der Waals surface area (Å²) < 4.78 is 1.63. The molecule has 0 atom stereocenters. The maximum atomic E-state index is 12.3. The Labute approximate surface area is 129 Å². The van der Waals surface area contributed by atoms with Gasteiger partial charge >= 0.3 is 0 Å². The molecule has 112 valence electrons. The number of nitrogens with zero attached hydrogens (tertiary/aromatic N) is 2. The van der Waals surface area contributed by atoms with Crippen LogP contribution >= 0.6 is 11.6 Å². The smallest absolute Gasteiger partial charge is 0.255 e. The van der Waals surface area contributed by atoms with Gasteiger partial charge in [-0.25, -0.2) is 0 Å². The molecule has 0 saturated carbocycles. The quantitative estimate of drug-likeness (QED) is 0.803. The Balaban J connectivity index is 2.21. The normalized spacial score (nSPS) is 10.6. The Morgan fingerprint density at radius 3 is 2.81 bits per heavy atom. The van der Waals surface area contributed by atoms with Gasteiger partial charge in [0.05, 0.1) is 10.6 Å². The molecule has 1 aromatic carbocycles. The number of carbonyl (C=O) groups is 1. The van der Waals surface area contributed by atoms with Crippen molar-refractivity contribution in [2.24, 2.45) is 7.05 Å². The van der Waals surface area contributed by atoms with Crippen LogP contribution in [0.25, 0.3) is 11.3 Å². The molecule has 6 heteroatoms. The zero-order valence-electron chi connectivity index (χ0n) is 12.2. The summed E-state index contributed by atoms with van der Waals surface area (Å²) in [5.74, 6) is -0.130. The van der Waals surface area contributed by atoms with Crippen LogP contribution in [-0.4, -0.2) is 35.8 Å². The van der Waals surface area contributed by atoms with Gasteiger partial charge in [0.15, 0.2) is 0 Å². The minimum Gasteiger partial charge on any atom is -0.352 e. The van der Waals surface area contributed by atoms with Crippen LogP contribution in [0, 0.1) is 0 Å². The van der Waals surface area contributed by atoms with Crippen LogP contribution < -0.4 is 10.6 Å². The van der Waals surface area contributed by atoms with Gasteiger partial charge in [-0.15, -0.1) is 0 Å². The lowest BCUT2D eigenvalue weighted by molar-refractivity contribution is 0.0954. The van der Waals surface area contributed by atoms with Crippen molar-refractivity contribution in [2.45, 2.75) is 6.42 Å². The molecule has 2 N–H and O–H groups in total. The molecule has 0 aliphatic rings. The van der Waals surface area contributed by atoms with E-state index < -0.39 is 0 Å². The standard InChI is InChI=1S/C15H19ClN4O/c1-17-8-5-9-18-15(21)12-10-20(2)19-14(12)11-6-3-4-7-13(11)16/h3-4,6-7,10,17H,5,8-9H2,1-2H3,(H,18,21). The first-order chi connectivity index (χ1) is 10.1. The van der Waals surface area contributed by atoms with Crippen molar-refractivity contribution in [1.29, 1.82) is 0 Å². The van der Waals surface area contributed by atoms with E-state index in [4.69, 9.17) is 11.6 Å². The minimum atomic E-state index is -0.130. The lowest BCUT2D eigenvalue weighted by Crippen LogP contribution is -2.26. The van der Waals surface area contributed by atoms with Gasteiger partial charge in [-0.2, -0.15) is 5.10 Å². The largest absolute Gasteiger partial charge is 0.352 e. The van der Waals surface area contributed by atoms with Gasteiger partial charge in [0.1, 0.15) is 5.69 Å². The van der Waals surface area contributed by atoms with Gasteiger partial charge in [-0.3, -0.25) is 9.48 Å². The molecule has 0 saturated heterocycles. The van der Waals surface area contributed by atoms with E-state index >= 15 is 0 Å². The lowest BCUT2D eigenvalue weighted by Gasteiger charge is -2.06. The molecule has 1 heterocycles. The fourth-order valence-corrected chi connectivity index (χ4v) is 2.29. The monoisotopic (exact) mass is 306 g/mol. The Bertz CT molecular complexity index is 624. The van der Waals surface area contributed by atoms with Gasteiger partial charge < -0.3 is 10.6 Å². The molecule has 0 spiro atoms. The summed E-state index contributed by atoms with van der Waals surface area (Å²) in [5, 5.41) is 10.9. The van der Waals surface area contributed by atoms with E-state index in [2.05, 4.69) is 15.7 Å². The number of amides is 1. The molecule has 2 aromatic rings. The van der Waals surface area contributed by atoms with Gasteiger partial charge in [0.2, 0.25) is 0 Å². The minimum absolute atomic E-state index is 0.130. The van der Waals surface area contributed by atoms with Crippen LogP contribution in [0.3, 0.4) is 0 Å². The summed E-state index contributed by atoms with van der Waals surface area (Å²) in [4.78, 5) is 12.3. The zero-order valence-corrected chi connectivity index (χ0v) is 12.9. The Hall–Kier alpha value is -1.85. The first-order valence-corrected chi connectivity index (χ1v) is 7.22. The van der Waals surface area contributed by atoms with E-state index in [9.17, 15) is 4.79 Å². The first kappa shape index (κ1) is 15.5. The third-order valence-electron chi connectivity index (χ3n) is 3.09. The lowest BCUT2D eigenvalue weighted by atomic mass is 10.1. The van der Waals surface area contributed by atoms with E-state index in [1.165, 1.54) is 0 Å². The first-order valence-electron chi connectivity index (χ1n) is 6.85. The van der Waals surface area contributed by atoms with E-state index in [1.54, 1.807) is 24.0 Å². The van der Waals surface area contributed by atoms with Crippen LogP contribution in [0.15, 0.2) is 30.5 Å². The fraction of sp³-hybridized carbons (Fsp3) is 0.333. The van der Waals surface area contributed by atoms with Crippen LogP contribution in [0.1, 0.15) is 16.8 Å².